The molecule has 2 aliphatic heterocycles. The number of alkyl halides is 6. The van der Waals surface area contributed by atoms with Gasteiger partial charge in [0.1, 0.15) is 6.04 Å². The van der Waals surface area contributed by atoms with Crippen LogP contribution in [0.25, 0.3) is 0 Å². The minimum atomic E-state index is -5.35. The molecular weight excluding hydrogens is 584 g/mol. The van der Waals surface area contributed by atoms with E-state index in [9.17, 15) is 49.1 Å². The van der Waals surface area contributed by atoms with Crippen LogP contribution in [0.15, 0.2) is 23.1 Å². The lowest BCUT2D eigenvalue weighted by atomic mass is 10.1. The summed E-state index contributed by atoms with van der Waals surface area (Å²) < 4.78 is 110. The Bertz CT molecular complexity index is 1280. The van der Waals surface area contributed by atoms with Gasteiger partial charge in [-0.3, -0.25) is 19.3 Å². The van der Waals surface area contributed by atoms with Gasteiger partial charge in [0.2, 0.25) is 21.8 Å². The maximum Gasteiger partial charge on any atom is 0.471 e. The Hall–Kier alpha value is -2.92. The molecule has 17 heteroatoms. The van der Waals surface area contributed by atoms with Crippen molar-refractivity contribution < 1.29 is 49.1 Å². The number of rotatable bonds is 8. The van der Waals surface area contributed by atoms with Crippen LogP contribution >= 0.6 is 0 Å². The fraction of sp³-hybridized carbons (Fsp3) is 0.625. The number of nitrogens with zero attached hydrogens (tertiary/aromatic N) is 3. The lowest BCUT2D eigenvalue weighted by Crippen LogP contribution is -2.58. The van der Waals surface area contributed by atoms with Crippen LogP contribution in [0.1, 0.15) is 37.7 Å². The van der Waals surface area contributed by atoms with E-state index in [2.05, 4.69) is 4.90 Å². The number of halogens is 6. The van der Waals surface area contributed by atoms with Gasteiger partial charge in [-0.25, -0.2) is 8.42 Å². The average molecular weight is 614 g/mol. The molecule has 0 radical (unpaired) electrons. The lowest BCUT2D eigenvalue weighted by Gasteiger charge is -2.36. The van der Waals surface area contributed by atoms with E-state index in [1.807, 2.05) is 0 Å². The lowest BCUT2D eigenvalue weighted by molar-refractivity contribution is -0.173. The van der Waals surface area contributed by atoms with Crippen molar-refractivity contribution in [3.05, 3.63) is 23.8 Å². The van der Waals surface area contributed by atoms with Gasteiger partial charge in [0, 0.05) is 51.7 Å². The summed E-state index contributed by atoms with van der Waals surface area (Å²) >= 11 is 0. The van der Waals surface area contributed by atoms with Crippen molar-refractivity contribution in [2.45, 2.75) is 61.4 Å². The molecule has 4 rings (SSSR count). The largest absolute Gasteiger partial charge is 0.471 e. The second-order valence-corrected chi connectivity index (χ2v) is 11.8. The van der Waals surface area contributed by atoms with Gasteiger partial charge in [-0.15, -0.1) is 0 Å². The Balaban J connectivity index is 1.64. The van der Waals surface area contributed by atoms with Crippen LogP contribution in [0, 0.1) is 0 Å². The molecular formula is C24H29F6N5O5S. The van der Waals surface area contributed by atoms with E-state index in [1.54, 1.807) is 4.72 Å². The molecule has 3 aliphatic rings. The molecule has 1 aromatic carbocycles. The molecule has 1 atom stereocenters. The Morgan fingerprint density at radius 2 is 1.63 bits per heavy atom. The first-order chi connectivity index (χ1) is 19.1. The van der Waals surface area contributed by atoms with E-state index in [0.29, 0.717) is 38.0 Å². The molecule has 3 amide bonds. The Kier molecular flexibility index (Phi) is 8.90. The second-order valence-electron chi connectivity index (χ2n) is 10.1. The molecule has 1 aromatic rings. The fourth-order valence-electron chi connectivity index (χ4n) is 5.01. The van der Waals surface area contributed by atoms with Crippen LogP contribution in [-0.2, 0) is 30.6 Å². The van der Waals surface area contributed by atoms with Crippen LogP contribution in [0.2, 0.25) is 0 Å². The van der Waals surface area contributed by atoms with Crippen molar-refractivity contribution >= 4 is 33.4 Å². The molecule has 228 valence electrons. The summed E-state index contributed by atoms with van der Waals surface area (Å²) in [5, 5.41) is 1.44. The van der Waals surface area contributed by atoms with Gasteiger partial charge >= 0.3 is 18.3 Å². The number of amides is 3. The van der Waals surface area contributed by atoms with Crippen molar-refractivity contribution in [1.82, 2.24) is 19.8 Å². The summed E-state index contributed by atoms with van der Waals surface area (Å²) in [6, 6.07) is 0.914. The number of sulfonamides is 1. The van der Waals surface area contributed by atoms with Crippen molar-refractivity contribution in [1.29, 1.82) is 0 Å². The maximum atomic E-state index is 14.3. The molecule has 0 spiro atoms. The van der Waals surface area contributed by atoms with E-state index in [-0.39, 0.29) is 26.1 Å². The summed E-state index contributed by atoms with van der Waals surface area (Å²) in [6.07, 6.45) is -7.81. The first kappa shape index (κ1) is 31.0. The number of piperazine rings is 1. The highest BCUT2D eigenvalue weighted by Crippen LogP contribution is 2.42. The van der Waals surface area contributed by atoms with E-state index < -0.39 is 68.8 Å². The van der Waals surface area contributed by atoms with Crippen molar-refractivity contribution in [3.8, 4) is 0 Å². The van der Waals surface area contributed by atoms with Gasteiger partial charge in [-0.2, -0.15) is 31.1 Å². The number of hydrogen-bond donors (Lipinski definition) is 2. The normalized spacial score (nSPS) is 20.2. The molecule has 2 heterocycles. The van der Waals surface area contributed by atoms with Crippen LogP contribution in [0.3, 0.4) is 0 Å². The highest BCUT2D eigenvalue weighted by atomic mass is 32.2. The Morgan fingerprint density at radius 3 is 2.20 bits per heavy atom. The molecule has 0 bridgehead atoms. The number of nitrogens with one attached hydrogen (secondary N) is 2. The average Bonchev–Trinajstić information content (AvgIpc) is 3.75. The minimum Gasteiger partial charge on any atom is -0.346 e. The third kappa shape index (κ3) is 7.30. The molecule has 1 saturated carbocycles. The van der Waals surface area contributed by atoms with E-state index in [1.165, 1.54) is 10.2 Å². The SMILES string of the molecule is O=C([C@H](CNC(=O)C(F)(F)F)NS(=O)(=O)c1cccc(N2CCCCC2=O)c1C(F)(F)F)N1CCN(C2CC2)CC1. The summed E-state index contributed by atoms with van der Waals surface area (Å²) in [5.74, 6) is -4.07. The smallest absolute Gasteiger partial charge is 0.346 e. The number of hydrogen-bond acceptors (Lipinski definition) is 6. The third-order valence-corrected chi connectivity index (χ3v) is 8.71. The first-order valence-electron chi connectivity index (χ1n) is 13.0. The molecule has 0 aromatic heterocycles. The molecule has 1 aliphatic carbocycles. The van der Waals surface area contributed by atoms with Gasteiger partial charge in [0.05, 0.1) is 16.1 Å². The number of benzene rings is 1. The Labute approximate surface area is 232 Å². The molecule has 0 unspecified atom stereocenters. The summed E-state index contributed by atoms with van der Waals surface area (Å²) in [7, 11) is -5.23. The standard InChI is InChI=1S/C24H29F6N5O5S/c25-23(26,27)20-17(35-9-2-1-6-19(35)36)4-3-5-18(20)41(39,40)32-16(14-31-22(38)24(28,29)30)21(37)34-12-10-33(11-13-34)15-7-8-15/h3-5,15-16,32H,1-2,6-14H2,(H,31,38)/t16-/m0/s1. The Morgan fingerprint density at radius 1 is 0.976 bits per heavy atom. The zero-order chi connectivity index (χ0) is 30.2. The number of piperidine rings is 1. The van der Waals surface area contributed by atoms with E-state index >= 15 is 0 Å². The monoisotopic (exact) mass is 613 g/mol. The van der Waals surface area contributed by atoms with Gasteiger partial charge in [0.25, 0.3) is 0 Å². The van der Waals surface area contributed by atoms with Crippen LogP contribution < -0.4 is 14.9 Å². The molecule has 41 heavy (non-hydrogen) atoms. The number of anilines is 1. The van der Waals surface area contributed by atoms with E-state index in [4.69, 9.17) is 0 Å². The number of carbonyl (C=O) groups is 3. The van der Waals surface area contributed by atoms with Crippen LogP contribution in [-0.4, -0.2) is 93.5 Å². The predicted molar refractivity (Wildman–Crippen MR) is 132 cm³/mol. The van der Waals surface area contributed by atoms with Crippen molar-refractivity contribution in [2.24, 2.45) is 0 Å². The zero-order valence-electron chi connectivity index (χ0n) is 21.7. The third-order valence-electron chi connectivity index (χ3n) is 7.20. The highest BCUT2D eigenvalue weighted by Gasteiger charge is 2.44. The van der Waals surface area contributed by atoms with Crippen molar-refractivity contribution in [2.75, 3.05) is 44.2 Å². The van der Waals surface area contributed by atoms with E-state index in [0.717, 1.165) is 29.9 Å². The molecule has 2 N–H and O–H groups in total. The maximum absolute atomic E-state index is 14.3. The van der Waals surface area contributed by atoms with Gasteiger partial charge in [-0.1, -0.05) is 6.07 Å². The highest BCUT2D eigenvalue weighted by molar-refractivity contribution is 7.89. The quantitative estimate of drug-likeness (QED) is 0.433. The second kappa shape index (κ2) is 11.8. The summed E-state index contributed by atoms with van der Waals surface area (Å²) in [4.78, 5) is 39.9. The van der Waals surface area contributed by atoms with Gasteiger partial charge < -0.3 is 15.1 Å². The van der Waals surface area contributed by atoms with Gasteiger partial charge in [0.15, 0.2) is 0 Å². The topological polar surface area (TPSA) is 119 Å². The molecule has 10 nitrogen and oxygen atoms in total. The predicted octanol–water partition coefficient (Wildman–Crippen LogP) is 1.85. The number of carbonyl (C=O) groups excluding carboxylic acids is 3. The molecule has 3 fully saturated rings. The fourth-order valence-corrected chi connectivity index (χ4v) is 6.44. The van der Waals surface area contributed by atoms with Crippen molar-refractivity contribution in [3.63, 3.8) is 0 Å². The summed E-state index contributed by atoms with van der Waals surface area (Å²) in [5.41, 5.74) is -2.33. The minimum absolute atomic E-state index is 0.0317. The first-order valence-corrected chi connectivity index (χ1v) is 14.5. The van der Waals surface area contributed by atoms with Gasteiger partial charge in [-0.05, 0) is 37.8 Å². The zero-order valence-corrected chi connectivity index (χ0v) is 22.5. The van der Waals surface area contributed by atoms with Crippen LogP contribution in [0.5, 0.6) is 0 Å². The van der Waals surface area contributed by atoms with Crippen LogP contribution in [0.4, 0.5) is 32.0 Å². The molecule has 2 saturated heterocycles. The summed E-state index contributed by atoms with van der Waals surface area (Å²) in [6.45, 7) is -0.159.